The number of anilines is 2. The van der Waals surface area contributed by atoms with Crippen molar-refractivity contribution in [2.24, 2.45) is 5.14 Å². The molecule has 0 aromatic heterocycles. The van der Waals surface area contributed by atoms with Crippen LogP contribution in [-0.4, -0.2) is 34.5 Å². The maximum absolute atomic E-state index is 11.5. The zero-order valence-electron chi connectivity index (χ0n) is 10.9. The lowest BCUT2D eigenvalue weighted by Gasteiger charge is -2.21. The van der Waals surface area contributed by atoms with Crippen LogP contribution >= 0.6 is 0 Å². The summed E-state index contributed by atoms with van der Waals surface area (Å²) in [6.45, 7) is 2.34. The Morgan fingerprint density at radius 3 is 2.58 bits per heavy atom. The topological polar surface area (TPSA) is 119 Å². The summed E-state index contributed by atoms with van der Waals surface area (Å²) in [5, 5.41) is 7.77. The van der Waals surface area contributed by atoms with Gasteiger partial charge in [-0.3, -0.25) is 4.79 Å². The van der Waals surface area contributed by atoms with Crippen LogP contribution in [0, 0.1) is 0 Å². The number of nitrogens with two attached hydrogens (primary N) is 2. The Hall–Kier alpha value is -1.80. The Morgan fingerprint density at radius 2 is 2.05 bits per heavy atom. The number of carbonyl (C=O) groups excluding carboxylic acids is 1. The van der Waals surface area contributed by atoms with Gasteiger partial charge in [0.15, 0.2) is 0 Å². The monoisotopic (exact) mass is 286 g/mol. The standard InChI is InChI=1S/C11H18N4O3S/c1-3-14-11(16)7-15(2)9-5-4-8(12)6-10(9)19(13,17)18/h4-6H,3,7,12H2,1-2H3,(H,14,16)(H2,13,17,18). The molecule has 0 aliphatic carbocycles. The minimum absolute atomic E-state index is 0.0281. The highest BCUT2D eigenvalue weighted by molar-refractivity contribution is 7.89. The predicted octanol–water partition coefficient (Wildman–Crippen LogP) is -0.511. The van der Waals surface area contributed by atoms with Crippen LogP contribution in [-0.2, 0) is 14.8 Å². The SMILES string of the molecule is CCNC(=O)CN(C)c1ccc(N)cc1S(N)(=O)=O. The fraction of sp³-hybridized carbons (Fsp3) is 0.364. The molecule has 0 radical (unpaired) electrons. The normalized spacial score (nSPS) is 11.1. The average Bonchev–Trinajstić information content (AvgIpc) is 2.27. The molecule has 0 aliphatic rings. The summed E-state index contributed by atoms with van der Waals surface area (Å²) in [6, 6.07) is 4.35. The third-order valence-corrected chi connectivity index (χ3v) is 3.40. The second kappa shape index (κ2) is 5.89. The number of hydrogen-bond acceptors (Lipinski definition) is 5. The summed E-state index contributed by atoms with van der Waals surface area (Å²) >= 11 is 0. The first-order chi connectivity index (χ1) is 8.75. The van der Waals surface area contributed by atoms with E-state index in [1.54, 1.807) is 20.0 Å². The van der Waals surface area contributed by atoms with Crippen molar-refractivity contribution < 1.29 is 13.2 Å². The van der Waals surface area contributed by atoms with Crippen molar-refractivity contribution in [1.29, 1.82) is 0 Å². The van der Waals surface area contributed by atoms with Gasteiger partial charge in [0.2, 0.25) is 15.9 Å². The van der Waals surface area contributed by atoms with Gasteiger partial charge in [-0.05, 0) is 25.1 Å². The van der Waals surface area contributed by atoms with Gasteiger partial charge < -0.3 is 16.0 Å². The van der Waals surface area contributed by atoms with Crippen molar-refractivity contribution in [3.05, 3.63) is 18.2 Å². The molecular weight excluding hydrogens is 268 g/mol. The van der Waals surface area contributed by atoms with Gasteiger partial charge in [0.25, 0.3) is 0 Å². The van der Waals surface area contributed by atoms with Gasteiger partial charge in [0.1, 0.15) is 4.90 Å². The molecule has 1 amide bonds. The van der Waals surface area contributed by atoms with E-state index in [1.807, 2.05) is 0 Å². The maximum Gasteiger partial charge on any atom is 0.240 e. The number of nitrogens with zero attached hydrogens (tertiary/aromatic N) is 1. The fourth-order valence-electron chi connectivity index (χ4n) is 1.63. The van der Waals surface area contributed by atoms with E-state index in [9.17, 15) is 13.2 Å². The third-order valence-electron chi connectivity index (χ3n) is 2.46. The van der Waals surface area contributed by atoms with E-state index in [0.717, 1.165) is 0 Å². The number of carbonyl (C=O) groups is 1. The molecule has 5 N–H and O–H groups in total. The fourth-order valence-corrected chi connectivity index (χ4v) is 2.44. The van der Waals surface area contributed by atoms with Crippen LogP contribution < -0.4 is 21.1 Å². The second-order valence-electron chi connectivity index (χ2n) is 4.08. The minimum Gasteiger partial charge on any atom is -0.399 e. The lowest BCUT2D eigenvalue weighted by Crippen LogP contribution is -2.35. The van der Waals surface area contributed by atoms with E-state index in [1.165, 1.54) is 17.0 Å². The van der Waals surface area contributed by atoms with Crippen molar-refractivity contribution in [3.63, 3.8) is 0 Å². The summed E-state index contributed by atoms with van der Waals surface area (Å²) in [5.74, 6) is -0.206. The van der Waals surface area contributed by atoms with E-state index in [-0.39, 0.29) is 17.3 Å². The number of benzene rings is 1. The molecule has 0 heterocycles. The molecule has 0 saturated carbocycles. The number of hydrogen-bond donors (Lipinski definition) is 3. The molecule has 0 atom stereocenters. The van der Waals surface area contributed by atoms with Crippen LogP contribution in [0.4, 0.5) is 11.4 Å². The molecule has 19 heavy (non-hydrogen) atoms. The predicted molar refractivity (Wildman–Crippen MR) is 74.2 cm³/mol. The molecule has 0 bridgehead atoms. The molecule has 0 spiro atoms. The number of rotatable bonds is 5. The summed E-state index contributed by atoms with van der Waals surface area (Å²) in [5.41, 5.74) is 6.18. The number of amides is 1. The number of nitrogens with one attached hydrogen (secondary N) is 1. The molecule has 0 aliphatic heterocycles. The summed E-state index contributed by atoms with van der Waals surface area (Å²) in [6.07, 6.45) is 0. The zero-order chi connectivity index (χ0) is 14.6. The van der Waals surface area contributed by atoms with Crippen LogP contribution in [0.3, 0.4) is 0 Å². The highest BCUT2D eigenvalue weighted by atomic mass is 32.2. The van der Waals surface area contributed by atoms with Gasteiger partial charge in [0, 0.05) is 19.3 Å². The van der Waals surface area contributed by atoms with E-state index in [4.69, 9.17) is 10.9 Å². The smallest absolute Gasteiger partial charge is 0.240 e. The third kappa shape index (κ3) is 4.11. The van der Waals surface area contributed by atoms with Crippen molar-refractivity contribution in [3.8, 4) is 0 Å². The van der Waals surface area contributed by atoms with Crippen LogP contribution in [0.2, 0.25) is 0 Å². The van der Waals surface area contributed by atoms with E-state index in [0.29, 0.717) is 17.9 Å². The van der Waals surface area contributed by atoms with Gasteiger partial charge >= 0.3 is 0 Å². The van der Waals surface area contributed by atoms with Gasteiger partial charge in [0.05, 0.1) is 12.2 Å². The molecule has 1 aromatic carbocycles. The van der Waals surface area contributed by atoms with Crippen LogP contribution in [0.1, 0.15) is 6.92 Å². The Labute approximate surface area is 112 Å². The molecule has 0 unspecified atom stereocenters. The van der Waals surface area contributed by atoms with Crippen molar-refractivity contribution >= 4 is 27.3 Å². The quantitative estimate of drug-likeness (QED) is 0.630. The molecule has 0 saturated heterocycles. The lowest BCUT2D eigenvalue weighted by molar-refractivity contribution is -0.119. The van der Waals surface area contributed by atoms with Gasteiger partial charge in [-0.2, -0.15) is 0 Å². The zero-order valence-corrected chi connectivity index (χ0v) is 11.7. The first kappa shape index (κ1) is 15.3. The number of nitrogen functional groups attached to an aromatic ring is 1. The number of primary sulfonamides is 1. The maximum atomic E-state index is 11.5. The van der Waals surface area contributed by atoms with Gasteiger partial charge in [-0.25, -0.2) is 13.6 Å². The molecule has 8 heteroatoms. The second-order valence-corrected chi connectivity index (χ2v) is 5.61. The van der Waals surface area contributed by atoms with E-state index >= 15 is 0 Å². The van der Waals surface area contributed by atoms with E-state index in [2.05, 4.69) is 5.32 Å². The summed E-state index contributed by atoms with van der Waals surface area (Å²) < 4.78 is 23.0. The molecule has 0 fully saturated rings. The molecule has 106 valence electrons. The Kier molecular flexibility index (Phi) is 4.73. The highest BCUT2D eigenvalue weighted by Gasteiger charge is 2.18. The summed E-state index contributed by atoms with van der Waals surface area (Å²) in [7, 11) is -2.30. The first-order valence-electron chi connectivity index (χ1n) is 5.66. The molecule has 1 aromatic rings. The van der Waals surface area contributed by atoms with Crippen LogP contribution in [0.5, 0.6) is 0 Å². The largest absolute Gasteiger partial charge is 0.399 e. The summed E-state index contributed by atoms with van der Waals surface area (Å²) in [4.78, 5) is 12.9. The molecular formula is C11H18N4O3S. The molecule has 1 rings (SSSR count). The number of likely N-dealkylation sites (N-methyl/N-ethyl adjacent to an activating group) is 2. The lowest BCUT2D eigenvalue weighted by atomic mass is 10.2. The minimum atomic E-state index is -3.90. The van der Waals surface area contributed by atoms with Gasteiger partial charge in [-0.15, -0.1) is 0 Å². The van der Waals surface area contributed by atoms with E-state index < -0.39 is 10.0 Å². The Bertz CT molecular complexity index is 571. The van der Waals surface area contributed by atoms with Gasteiger partial charge in [-0.1, -0.05) is 0 Å². The molecule has 7 nitrogen and oxygen atoms in total. The average molecular weight is 286 g/mol. The van der Waals surface area contributed by atoms with Crippen molar-refractivity contribution in [2.45, 2.75) is 11.8 Å². The first-order valence-corrected chi connectivity index (χ1v) is 7.20. The van der Waals surface area contributed by atoms with Crippen molar-refractivity contribution in [2.75, 3.05) is 30.8 Å². The highest BCUT2D eigenvalue weighted by Crippen LogP contribution is 2.25. The Morgan fingerprint density at radius 1 is 1.42 bits per heavy atom. The van der Waals surface area contributed by atoms with Crippen LogP contribution in [0.15, 0.2) is 23.1 Å². The number of sulfonamides is 1. The van der Waals surface area contributed by atoms with Crippen LogP contribution in [0.25, 0.3) is 0 Å². The van der Waals surface area contributed by atoms with Crippen molar-refractivity contribution in [1.82, 2.24) is 5.32 Å². The Balaban J connectivity index is 3.10.